The number of hydrogen-bond donors (Lipinski definition) is 5. The Labute approximate surface area is 377 Å². The minimum absolute atomic E-state index is 0.0262. The quantitative estimate of drug-likeness (QED) is 0.162. The molecule has 4 heterocycles. The number of nitrogens with zero attached hydrogens (tertiary/aromatic N) is 4. The molecule has 5 N–H and O–H groups in total. The predicted octanol–water partition coefficient (Wildman–Crippen LogP) is 5.27. The van der Waals surface area contributed by atoms with Gasteiger partial charge in [-0.15, -0.1) is 0 Å². The number of halogens is 1. The zero-order valence-corrected chi connectivity index (χ0v) is 38.4. The van der Waals surface area contributed by atoms with Gasteiger partial charge in [0.25, 0.3) is 0 Å². The molecular weight excluding hydrogens is 816 g/mol. The van der Waals surface area contributed by atoms with Gasteiger partial charge in [0.15, 0.2) is 0 Å². The molecule has 1 aliphatic carbocycles. The number of aliphatic hydroxyl groups is 1. The van der Waals surface area contributed by atoms with Gasteiger partial charge in [0.05, 0.1) is 28.1 Å². The van der Waals surface area contributed by atoms with Crippen LogP contribution in [0.3, 0.4) is 0 Å². The van der Waals surface area contributed by atoms with Gasteiger partial charge in [-0.3, -0.25) is 25.1 Å². The maximum absolute atomic E-state index is 13.6. The Morgan fingerprint density at radius 3 is 2.30 bits per heavy atom. The van der Waals surface area contributed by atoms with Crippen molar-refractivity contribution in [1.82, 2.24) is 36.0 Å². The Kier molecular flexibility index (Phi) is 12.7. The molecule has 13 nitrogen and oxygen atoms in total. The summed E-state index contributed by atoms with van der Waals surface area (Å²) in [5, 5.41) is 34.4. The number of hydrogen-bond acceptors (Lipinski definition) is 11. The van der Waals surface area contributed by atoms with Crippen LogP contribution in [0.15, 0.2) is 66.9 Å². The van der Waals surface area contributed by atoms with Crippen molar-refractivity contribution in [1.29, 1.82) is 5.26 Å². The first-order valence-electron chi connectivity index (χ1n) is 22.4. The van der Waals surface area contributed by atoms with E-state index in [2.05, 4.69) is 77.0 Å². The molecule has 0 bridgehead atoms. The normalized spacial score (nSPS) is 27.1. The minimum atomic E-state index is -1.03. The lowest BCUT2D eigenvalue weighted by Crippen LogP contribution is -2.75. The molecular formula is C49H63ClN8O5. The van der Waals surface area contributed by atoms with Crippen LogP contribution in [0.1, 0.15) is 70.2 Å². The predicted molar refractivity (Wildman–Crippen MR) is 244 cm³/mol. The van der Waals surface area contributed by atoms with E-state index in [1.807, 2.05) is 36.5 Å². The van der Waals surface area contributed by atoms with Gasteiger partial charge in [0.1, 0.15) is 35.7 Å². The second-order valence-corrected chi connectivity index (χ2v) is 20.2. The number of fused-ring (bicyclic) bond motifs is 1. The van der Waals surface area contributed by atoms with Crippen LogP contribution >= 0.6 is 11.6 Å². The monoisotopic (exact) mass is 878 g/mol. The van der Waals surface area contributed by atoms with E-state index in [0.29, 0.717) is 35.2 Å². The van der Waals surface area contributed by atoms with Crippen molar-refractivity contribution in [3.63, 3.8) is 0 Å². The third kappa shape index (κ3) is 9.23. The van der Waals surface area contributed by atoms with Gasteiger partial charge >= 0.3 is 0 Å². The van der Waals surface area contributed by atoms with Crippen molar-refractivity contribution >= 4 is 29.0 Å². The molecule has 3 aromatic rings. The summed E-state index contributed by atoms with van der Waals surface area (Å²) in [7, 11) is 1.80. The Bertz CT molecular complexity index is 2240. The number of ether oxygens (including phenoxy) is 2. The van der Waals surface area contributed by atoms with Gasteiger partial charge in [0, 0.05) is 93.5 Å². The summed E-state index contributed by atoms with van der Waals surface area (Å²) in [6, 6.07) is 21.0. The molecule has 14 heteroatoms. The van der Waals surface area contributed by atoms with E-state index in [1.54, 1.807) is 44.0 Å². The molecule has 3 aromatic carbocycles. The lowest BCUT2D eigenvalue weighted by atomic mass is 9.49. The molecule has 8 rings (SSSR count). The van der Waals surface area contributed by atoms with Crippen LogP contribution in [-0.4, -0.2) is 116 Å². The summed E-state index contributed by atoms with van der Waals surface area (Å²) in [5.41, 5.74) is 2.71. The fourth-order valence-electron chi connectivity index (χ4n) is 10.7. The van der Waals surface area contributed by atoms with Crippen LogP contribution < -0.4 is 30.7 Å². The van der Waals surface area contributed by atoms with Gasteiger partial charge in [0.2, 0.25) is 11.8 Å². The van der Waals surface area contributed by atoms with Crippen LogP contribution in [-0.2, 0) is 21.6 Å². The lowest BCUT2D eigenvalue weighted by molar-refractivity contribution is -0.174. The SMILES string of the molecule is CN1C=C(c2cc(C(C)(C)O)ccc2Oc2ccc(CCN3CCN(C4NCC(C(=O)NC5C(C)(C)C(Oc6ccc(C#N)c(Cl)c6)C5(C)C)CN4)CC3)cc2)C2CCNC2C1=O. The number of amides is 2. The summed E-state index contributed by atoms with van der Waals surface area (Å²) < 4.78 is 13.0. The van der Waals surface area contributed by atoms with Crippen LogP contribution in [0.4, 0.5) is 0 Å². The topological polar surface area (TPSA) is 154 Å². The highest BCUT2D eigenvalue weighted by Gasteiger charge is 2.64. The molecule has 3 saturated heterocycles. The van der Waals surface area contributed by atoms with Crippen molar-refractivity contribution in [2.75, 3.05) is 59.4 Å². The minimum Gasteiger partial charge on any atom is -0.489 e. The van der Waals surface area contributed by atoms with E-state index >= 15 is 0 Å². The van der Waals surface area contributed by atoms with Gasteiger partial charge in [-0.05, 0) is 86.3 Å². The van der Waals surface area contributed by atoms with E-state index in [4.69, 9.17) is 21.1 Å². The van der Waals surface area contributed by atoms with E-state index in [-0.39, 0.29) is 59.0 Å². The van der Waals surface area contributed by atoms with Crippen molar-refractivity contribution in [3.8, 4) is 23.3 Å². The number of likely N-dealkylation sites (N-methyl/N-ethyl adjacent to an activating group) is 1. The first-order valence-corrected chi connectivity index (χ1v) is 22.8. The lowest BCUT2D eigenvalue weighted by Gasteiger charge is -2.63. The third-order valence-electron chi connectivity index (χ3n) is 14.1. The number of rotatable bonds is 12. The Hall–Kier alpha value is -4.52. The summed E-state index contributed by atoms with van der Waals surface area (Å²) in [5.74, 6) is 2.01. The summed E-state index contributed by atoms with van der Waals surface area (Å²) >= 11 is 6.27. The summed E-state index contributed by atoms with van der Waals surface area (Å²) in [6.45, 7) is 18.8. The number of nitrogens with one attached hydrogen (secondary N) is 4. The molecule has 5 aliphatic rings. The van der Waals surface area contributed by atoms with Crippen molar-refractivity contribution < 1.29 is 24.2 Å². The molecule has 63 heavy (non-hydrogen) atoms. The molecule has 0 radical (unpaired) electrons. The van der Waals surface area contributed by atoms with Crippen molar-refractivity contribution in [3.05, 3.63) is 94.1 Å². The van der Waals surface area contributed by atoms with Crippen LogP contribution in [0, 0.1) is 34.0 Å². The van der Waals surface area contributed by atoms with Crippen molar-refractivity contribution in [2.24, 2.45) is 22.7 Å². The molecule has 1 saturated carbocycles. The second kappa shape index (κ2) is 17.8. The number of benzene rings is 3. The molecule has 336 valence electrons. The van der Waals surface area contributed by atoms with E-state index in [9.17, 15) is 20.0 Å². The molecule has 2 amide bonds. The zero-order valence-electron chi connectivity index (χ0n) is 37.6. The van der Waals surface area contributed by atoms with Gasteiger partial charge in [-0.1, -0.05) is 57.5 Å². The van der Waals surface area contributed by atoms with Crippen LogP contribution in [0.2, 0.25) is 5.02 Å². The molecule has 2 unspecified atom stereocenters. The average Bonchev–Trinajstić information content (AvgIpc) is 3.76. The maximum atomic E-state index is 13.6. The van der Waals surface area contributed by atoms with E-state index in [1.165, 1.54) is 5.56 Å². The number of nitriles is 1. The molecule has 4 aliphatic heterocycles. The average molecular weight is 880 g/mol. The van der Waals surface area contributed by atoms with Gasteiger partial charge in [-0.2, -0.15) is 5.26 Å². The highest BCUT2D eigenvalue weighted by molar-refractivity contribution is 6.31. The summed E-state index contributed by atoms with van der Waals surface area (Å²) in [6.07, 6.45) is 3.59. The Balaban J connectivity index is 0.789. The number of carbonyl (C=O) groups excluding carboxylic acids is 2. The first kappa shape index (κ1) is 45.1. The first-order chi connectivity index (χ1) is 29.9. The molecule has 2 atom stereocenters. The van der Waals surface area contributed by atoms with E-state index < -0.39 is 5.60 Å². The third-order valence-corrected chi connectivity index (χ3v) is 14.4. The molecule has 0 aromatic heterocycles. The Morgan fingerprint density at radius 2 is 1.65 bits per heavy atom. The zero-order chi connectivity index (χ0) is 44.8. The standard InChI is InChI=1S/C49H63ClN8O5/c1-47(2)44(48(3,4)45(47)63-35-14-10-31(26-51)39(50)25-35)55-42(59)32-27-53-46(54-28-32)58-22-20-57(21-23-58)19-17-30-8-12-34(13-9-30)62-40-15-11-33(49(5,6)61)24-37(40)38-29-56(7)43(60)41-36(38)16-18-52-41/h8-15,24-25,29,32,36,41,44-46,52-54,61H,16-23,27-28H2,1-7H3,(H,55,59). The van der Waals surface area contributed by atoms with Crippen molar-refractivity contribution in [2.45, 2.75) is 84.5 Å². The van der Waals surface area contributed by atoms with Gasteiger partial charge in [-0.25, -0.2) is 0 Å². The van der Waals surface area contributed by atoms with Crippen LogP contribution in [0.5, 0.6) is 17.2 Å². The molecule has 4 fully saturated rings. The smallest absolute Gasteiger partial charge is 0.244 e. The van der Waals surface area contributed by atoms with Crippen LogP contribution in [0.25, 0.3) is 5.57 Å². The largest absolute Gasteiger partial charge is 0.489 e. The maximum Gasteiger partial charge on any atom is 0.244 e. The number of piperazine rings is 1. The fourth-order valence-corrected chi connectivity index (χ4v) is 10.9. The number of carbonyl (C=O) groups is 2. The Morgan fingerprint density at radius 1 is 0.968 bits per heavy atom. The summed E-state index contributed by atoms with van der Waals surface area (Å²) in [4.78, 5) is 33.1. The fraction of sp³-hybridized carbons (Fsp3) is 0.531. The molecule has 0 spiro atoms. The second-order valence-electron chi connectivity index (χ2n) is 19.8. The van der Waals surface area contributed by atoms with Gasteiger partial charge < -0.3 is 35.0 Å². The van der Waals surface area contributed by atoms with E-state index in [0.717, 1.165) is 74.6 Å². The highest BCUT2D eigenvalue weighted by Crippen LogP contribution is 2.55. The highest BCUT2D eigenvalue weighted by atomic mass is 35.5.